The standard InChI is InChI=1S/C22H16ClFN2O2/c23-18-9-5-4-8-16(18)22(28)26-13-20(27)25-19-11-10-15(24)12-17(19)21(26)14-6-2-1-3-7-14/h1-12,21H,13H2,(H,25,27)/t21-/m0/s1. The molecule has 1 aliphatic heterocycles. The summed E-state index contributed by atoms with van der Waals surface area (Å²) >= 11 is 6.23. The van der Waals surface area contributed by atoms with Crippen LogP contribution in [0.1, 0.15) is 27.5 Å². The average Bonchev–Trinajstić information content (AvgIpc) is 2.84. The minimum Gasteiger partial charge on any atom is -0.324 e. The highest BCUT2D eigenvalue weighted by molar-refractivity contribution is 6.33. The Morgan fingerprint density at radius 1 is 1.04 bits per heavy atom. The largest absolute Gasteiger partial charge is 0.324 e. The van der Waals surface area contributed by atoms with Crippen LogP contribution >= 0.6 is 11.6 Å². The molecule has 0 spiro atoms. The Morgan fingerprint density at radius 2 is 1.75 bits per heavy atom. The molecule has 0 bridgehead atoms. The van der Waals surface area contributed by atoms with E-state index in [0.29, 0.717) is 16.3 Å². The van der Waals surface area contributed by atoms with E-state index in [2.05, 4.69) is 5.32 Å². The van der Waals surface area contributed by atoms with Gasteiger partial charge in [-0.15, -0.1) is 0 Å². The van der Waals surface area contributed by atoms with E-state index >= 15 is 0 Å². The van der Waals surface area contributed by atoms with Crippen molar-refractivity contribution in [3.63, 3.8) is 0 Å². The highest BCUT2D eigenvalue weighted by atomic mass is 35.5. The van der Waals surface area contributed by atoms with Gasteiger partial charge in [0, 0.05) is 11.3 Å². The number of halogens is 2. The zero-order valence-electron chi connectivity index (χ0n) is 14.7. The number of fused-ring (bicyclic) bond motifs is 1. The summed E-state index contributed by atoms with van der Waals surface area (Å²) in [4.78, 5) is 27.3. The predicted molar refractivity (Wildman–Crippen MR) is 106 cm³/mol. The zero-order chi connectivity index (χ0) is 19.7. The maximum Gasteiger partial charge on any atom is 0.256 e. The lowest BCUT2D eigenvalue weighted by molar-refractivity contribution is -0.117. The first-order valence-corrected chi connectivity index (χ1v) is 9.12. The van der Waals surface area contributed by atoms with Crippen molar-refractivity contribution in [3.8, 4) is 0 Å². The Labute approximate surface area is 166 Å². The molecule has 0 saturated carbocycles. The number of nitrogens with zero attached hydrogens (tertiary/aromatic N) is 1. The van der Waals surface area contributed by atoms with Crippen molar-refractivity contribution in [3.05, 3.63) is 100 Å². The molecule has 0 saturated heterocycles. The van der Waals surface area contributed by atoms with Gasteiger partial charge in [0.1, 0.15) is 12.4 Å². The summed E-state index contributed by atoms with van der Waals surface area (Å²) < 4.78 is 14.1. The number of anilines is 1. The molecule has 1 N–H and O–H groups in total. The van der Waals surface area contributed by atoms with Gasteiger partial charge >= 0.3 is 0 Å². The second-order valence-electron chi connectivity index (χ2n) is 6.51. The van der Waals surface area contributed by atoms with Gasteiger partial charge in [0.2, 0.25) is 5.91 Å². The van der Waals surface area contributed by atoms with Crippen LogP contribution in [-0.2, 0) is 4.79 Å². The summed E-state index contributed by atoms with van der Waals surface area (Å²) in [5.74, 6) is -1.20. The van der Waals surface area contributed by atoms with Crippen LogP contribution in [0.3, 0.4) is 0 Å². The highest BCUT2D eigenvalue weighted by Gasteiger charge is 2.34. The third-order valence-corrected chi connectivity index (χ3v) is 5.02. The van der Waals surface area contributed by atoms with E-state index in [9.17, 15) is 14.0 Å². The molecule has 140 valence electrons. The van der Waals surface area contributed by atoms with Crippen molar-refractivity contribution in [1.82, 2.24) is 4.90 Å². The van der Waals surface area contributed by atoms with Gasteiger partial charge in [0.25, 0.3) is 5.91 Å². The number of nitrogens with one attached hydrogen (secondary N) is 1. The van der Waals surface area contributed by atoms with Crippen LogP contribution in [0.25, 0.3) is 0 Å². The minimum absolute atomic E-state index is 0.181. The zero-order valence-corrected chi connectivity index (χ0v) is 15.5. The number of hydrogen-bond acceptors (Lipinski definition) is 2. The molecule has 1 aliphatic rings. The molecule has 0 aromatic heterocycles. The number of carbonyl (C=O) groups is 2. The minimum atomic E-state index is -0.644. The second kappa shape index (κ2) is 7.44. The number of rotatable bonds is 2. The third kappa shape index (κ3) is 3.37. The molecule has 4 rings (SSSR count). The van der Waals surface area contributed by atoms with Crippen molar-refractivity contribution in [2.45, 2.75) is 6.04 Å². The topological polar surface area (TPSA) is 49.4 Å². The summed E-state index contributed by atoms with van der Waals surface area (Å²) in [6.45, 7) is -0.181. The lowest BCUT2D eigenvalue weighted by Gasteiger charge is -2.31. The second-order valence-corrected chi connectivity index (χ2v) is 6.91. The summed E-state index contributed by atoms with van der Waals surface area (Å²) in [5, 5.41) is 3.06. The van der Waals surface area contributed by atoms with Crippen LogP contribution < -0.4 is 5.32 Å². The average molecular weight is 395 g/mol. The normalized spacial score (nSPS) is 16.1. The first-order valence-electron chi connectivity index (χ1n) is 8.74. The predicted octanol–water partition coefficient (Wildman–Crippen LogP) is 4.66. The van der Waals surface area contributed by atoms with Crippen LogP contribution in [-0.4, -0.2) is 23.3 Å². The van der Waals surface area contributed by atoms with Crippen LogP contribution in [0.15, 0.2) is 72.8 Å². The Morgan fingerprint density at radius 3 is 2.50 bits per heavy atom. The Kier molecular flexibility index (Phi) is 4.84. The maximum atomic E-state index is 14.1. The molecule has 1 heterocycles. The molecular weight excluding hydrogens is 379 g/mol. The van der Waals surface area contributed by atoms with Crippen molar-refractivity contribution >= 4 is 29.1 Å². The fraction of sp³-hybridized carbons (Fsp3) is 0.0909. The van der Waals surface area contributed by atoms with Crippen LogP contribution in [0.2, 0.25) is 5.02 Å². The maximum absolute atomic E-state index is 14.1. The Balaban J connectivity index is 1.91. The van der Waals surface area contributed by atoms with E-state index in [4.69, 9.17) is 11.6 Å². The van der Waals surface area contributed by atoms with Gasteiger partial charge < -0.3 is 10.2 Å². The molecule has 1 atom stereocenters. The van der Waals surface area contributed by atoms with Crippen molar-refractivity contribution in [2.24, 2.45) is 0 Å². The monoisotopic (exact) mass is 394 g/mol. The van der Waals surface area contributed by atoms with Gasteiger partial charge in [-0.1, -0.05) is 54.1 Å². The van der Waals surface area contributed by atoms with E-state index < -0.39 is 17.8 Å². The Hall–Kier alpha value is -3.18. The molecule has 0 fully saturated rings. The van der Waals surface area contributed by atoms with E-state index in [1.54, 1.807) is 24.3 Å². The van der Waals surface area contributed by atoms with Gasteiger partial charge in [0.15, 0.2) is 0 Å². The van der Waals surface area contributed by atoms with Crippen LogP contribution in [0.5, 0.6) is 0 Å². The SMILES string of the molecule is O=C1CN(C(=O)c2ccccc2Cl)[C@@H](c2ccccc2)c2cc(F)ccc2N1. The molecule has 0 unspecified atom stereocenters. The van der Waals surface area contributed by atoms with Crippen molar-refractivity contribution in [2.75, 3.05) is 11.9 Å². The van der Waals surface area contributed by atoms with E-state index in [0.717, 1.165) is 5.56 Å². The first-order chi connectivity index (χ1) is 13.5. The summed E-state index contributed by atoms with van der Waals surface area (Å²) in [6, 6.07) is 19.4. The summed E-state index contributed by atoms with van der Waals surface area (Å²) in [6.07, 6.45) is 0. The fourth-order valence-electron chi connectivity index (χ4n) is 3.45. The van der Waals surface area contributed by atoms with E-state index in [-0.39, 0.29) is 18.0 Å². The number of hydrogen-bond donors (Lipinski definition) is 1. The molecule has 4 nitrogen and oxygen atoms in total. The van der Waals surface area contributed by atoms with Gasteiger partial charge in [-0.25, -0.2) is 4.39 Å². The quantitative estimate of drug-likeness (QED) is 0.687. The molecule has 0 radical (unpaired) electrons. The van der Waals surface area contributed by atoms with Gasteiger partial charge in [-0.2, -0.15) is 0 Å². The van der Waals surface area contributed by atoms with Crippen LogP contribution in [0.4, 0.5) is 10.1 Å². The molecular formula is C22H16ClFN2O2. The molecule has 6 heteroatoms. The Bertz CT molecular complexity index is 1060. The lowest BCUT2D eigenvalue weighted by Crippen LogP contribution is -2.39. The van der Waals surface area contributed by atoms with Crippen LogP contribution in [0, 0.1) is 5.82 Å². The number of carbonyl (C=O) groups excluding carboxylic acids is 2. The fourth-order valence-corrected chi connectivity index (χ4v) is 3.67. The summed E-state index contributed by atoms with van der Waals surface area (Å²) in [5.41, 5.74) is 2.05. The molecule has 0 aliphatic carbocycles. The van der Waals surface area contributed by atoms with E-state index in [1.807, 2.05) is 30.3 Å². The first kappa shape index (κ1) is 18.2. The van der Waals surface area contributed by atoms with Crippen molar-refractivity contribution < 1.29 is 14.0 Å². The number of amides is 2. The third-order valence-electron chi connectivity index (χ3n) is 4.69. The smallest absolute Gasteiger partial charge is 0.256 e. The molecule has 3 aromatic carbocycles. The summed E-state index contributed by atoms with van der Waals surface area (Å²) in [7, 11) is 0. The lowest BCUT2D eigenvalue weighted by atomic mass is 9.95. The van der Waals surface area contributed by atoms with Gasteiger partial charge in [0.05, 0.1) is 16.6 Å². The number of benzene rings is 3. The van der Waals surface area contributed by atoms with Crippen molar-refractivity contribution in [1.29, 1.82) is 0 Å². The van der Waals surface area contributed by atoms with E-state index in [1.165, 1.54) is 23.1 Å². The molecule has 2 amide bonds. The van der Waals surface area contributed by atoms with Gasteiger partial charge in [-0.05, 0) is 35.9 Å². The highest BCUT2D eigenvalue weighted by Crippen LogP contribution is 2.37. The van der Waals surface area contributed by atoms with Gasteiger partial charge in [-0.3, -0.25) is 9.59 Å². The molecule has 28 heavy (non-hydrogen) atoms. The molecule has 3 aromatic rings.